The first-order valence-corrected chi connectivity index (χ1v) is 9.33. The maximum Gasteiger partial charge on any atom is 0.136 e. The van der Waals surface area contributed by atoms with Crippen LogP contribution in [0.3, 0.4) is 0 Å². The molecule has 3 heterocycles. The Kier molecular flexibility index (Phi) is 3.09. The molecule has 0 unspecified atom stereocenters. The minimum Gasteiger partial charge on any atom is -0.456 e. The first-order chi connectivity index (χ1) is 13.8. The molecule has 0 N–H and O–H groups in total. The van der Waals surface area contributed by atoms with Crippen molar-refractivity contribution < 1.29 is 4.42 Å². The van der Waals surface area contributed by atoms with Gasteiger partial charge in [-0.2, -0.15) is 0 Å². The van der Waals surface area contributed by atoms with Gasteiger partial charge in [-0.05, 0) is 59.8 Å². The molecule has 28 heavy (non-hydrogen) atoms. The average Bonchev–Trinajstić information content (AvgIpc) is 3.10. The van der Waals surface area contributed by atoms with Crippen molar-refractivity contribution in [1.29, 1.82) is 0 Å². The van der Waals surface area contributed by atoms with Crippen molar-refractivity contribution in [1.82, 2.24) is 9.97 Å². The number of nitrogens with zero attached hydrogens (tertiary/aromatic N) is 2. The van der Waals surface area contributed by atoms with Gasteiger partial charge in [0.05, 0.1) is 5.52 Å². The third-order valence-corrected chi connectivity index (χ3v) is 5.51. The van der Waals surface area contributed by atoms with E-state index in [1.54, 1.807) is 6.20 Å². The second kappa shape index (κ2) is 5.64. The Morgan fingerprint density at radius 3 is 2.61 bits per heavy atom. The van der Waals surface area contributed by atoms with Gasteiger partial charge >= 0.3 is 0 Å². The van der Waals surface area contributed by atoms with Crippen LogP contribution in [0.15, 0.2) is 83.7 Å². The Labute approximate surface area is 161 Å². The molecule has 0 spiro atoms. The van der Waals surface area contributed by atoms with Crippen LogP contribution < -0.4 is 0 Å². The molecule has 0 saturated heterocycles. The van der Waals surface area contributed by atoms with Crippen molar-refractivity contribution in [3.63, 3.8) is 0 Å². The van der Waals surface area contributed by atoms with E-state index in [1.165, 1.54) is 10.9 Å². The number of hydrogen-bond acceptors (Lipinski definition) is 3. The fourth-order valence-corrected chi connectivity index (χ4v) is 4.19. The molecular weight excluding hydrogens is 344 g/mol. The maximum absolute atomic E-state index is 6.11. The molecule has 3 aromatic heterocycles. The SMILES string of the molecule is Cc1ccnc2c1c(-c1cccnc1)cc1cc3oc4ccccc4c3cc12. The van der Waals surface area contributed by atoms with Gasteiger partial charge in [-0.15, -0.1) is 0 Å². The molecule has 3 heteroatoms. The lowest BCUT2D eigenvalue weighted by Crippen LogP contribution is -1.90. The summed E-state index contributed by atoms with van der Waals surface area (Å²) in [6, 6.07) is 20.9. The Bertz CT molecular complexity index is 1510. The van der Waals surface area contributed by atoms with Crippen LogP contribution in [0.1, 0.15) is 5.56 Å². The lowest BCUT2D eigenvalue weighted by Gasteiger charge is -2.12. The van der Waals surface area contributed by atoms with E-state index in [2.05, 4.69) is 48.3 Å². The minimum absolute atomic E-state index is 0.901. The molecule has 0 amide bonds. The number of benzene rings is 3. The average molecular weight is 360 g/mol. The summed E-state index contributed by atoms with van der Waals surface area (Å²) >= 11 is 0. The predicted octanol–water partition coefficient (Wildman–Crippen LogP) is 6.66. The Morgan fingerprint density at radius 2 is 1.71 bits per heavy atom. The van der Waals surface area contributed by atoms with Gasteiger partial charge in [-0.3, -0.25) is 9.97 Å². The van der Waals surface area contributed by atoms with E-state index < -0.39 is 0 Å². The summed E-state index contributed by atoms with van der Waals surface area (Å²) in [5.74, 6) is 0. The first kappa shape index (κ1) is 15.3. The van der Waals surface area contributed by atoms with E-state index in [0.29, 0.717) is 0 Å². The maximum atomic E-state index is 6.11. The van der Waals surface area contributed by atoms with E-state index in [-0.39, 0.29) is 0 Å². The van der Waals surface area contributed by atoms with Gasteiger partial charge in [0.2, 0.25) is 0 Å². The Hall–Kier alpha value is -3.72. The van der Waals surface area contributed by atoms with Gasteiger partial charge in [0.15, 0.2) is 0 Å². The normalized spacial score (nSPS) is 11.8. The van der Waals surface area contributed by atoms with Crippen LogP contribution in [0.25, 0.3) is 54.7 Å². The minimum atomic E-state index is 0.901. The second-order valence-corrected chi connectivity index (χ2v) is 7.19. The van der Waals surface area contributed by atoms with Crippen LogP contribution in [0, 0.1) is 6.92 Å². The molecule has 0 fully saturated rings. The van der Waals surface area contributed by atoms with Crippen molar-refractivity contribution in [2.45, 2.75) is 6.92 Å². The van der Waals surface area contributed by atoms with Gasteiger partial charge in [0.1, 0.15) is 11.2 Å². The van der Waals surface area contributed by atoms with Crippen LogP contribution >= 0.6 is 0 Å². The van der Waals surface area contributed by atoms with Crippen molar-refractivity contribution in [2.75, 3.05) is 0 Å². The van der Waals surface area contributed by atoms with Crippen LogP contribution in [0.2, 0.25) is 0 Å². The fraction of sp³-hybridized carbons (Fsp3) is 0.0400. The largest absolute Gasteiger partial charge is 0.456 e. The number of pyridine rings is 2. The topological polar surface area (TPSA) is 38.9 Å². The van der Waals surface area contributed by atoms with Crippen molar-refractivity contribution >= 4 is 43.6 Å². The van der Waals surface area contributed by atoms with Gasteiger partial charge < -0.3 is 4.42 Å². The van der Waals surface area contributed by atoms with Crippen LogP contribution in [-0.2, 0) is 0 Å². The number of furan rings is 1. The summed E-state index contributed by atoms with van der Waals surface area (Å²) in [6.45, 7) is 2.14. The molecule has 0 saturated carbocycles. The summed E-state index contributed by atoms with van der Waals surface area (Å²) in [6.07, 6.45) is 5.60. The fourth-order valence-electron chi connectivity index (χ4n) is 4.19. The van der Waals surface area contributed by atoms with Gasteiger partial charge in [-0.1, -0.05) is 24.3 Å². The summed E-state index contributed by atoms with van der Waals surface area (Å²) < 4.78 is 6.11. The molecule has 132 valence electrons. The van der Waals surface area contributed by atoms with E-state index >= 15 is 0 Å². The molecular formula is C25H16N2O. The second-order valence-electron chi connectivity index (χ2n) is 7.19. The van der Waals surface area contributed by atoms with E-state index in [1.807, 2.05) is 36.7 Å². The standard InChI is InChI=1S/C25H16N2O/c1-15-8-10-27-25-20-13-21-18-6-2-3-7-22(18)28-23(21)12-17(20)11-19(24(15)25)16-5-4-9-26-14-16/h2-14H,1H3. The first-order valence-electron chi connectivity index (χ1n) is 9.33. The monoisotopic (exact) mass is 360 g/mol. The summed E-state index contributed by atoms with van der Waals surface area (Å²) in [5, 5.41) is 5.70. The summed E-state index contributed by atoms with van der Waals surface area (Å²) in [4.78, 5) is 9.09. The molecule has 0 bridgehead atoms. The smallest absolute Gasteiger partial charge is 0.136 e. The van der Waals surface area contributed by atoms with Gasteiger partial charge in [0, 0.05) is 45.7 Å². The molecule has 0 aliphatic carbocycles. The molecule has 0 aliphatic rings. The van der Waals surface area contributed by atoms with E-state index in [9.17, 15) is 0 Å². The third kappa shape index (κ3) is 2.10. The molecule has 0 atom stereocenters. The molecule has 0 radical (unpaired) electrons. The molecule has 3 aromatic carbocycles. The Morgan fingerprint density at radius 1 is 0.786 bits per heavy atom. The summed E-state index contributed by atoms with van der Waals surface area (Å²) in [7, 11) is 0. The quantitative estimate of drug-likeness (QED) is 0.308. The third-order valence-electron chi connectivity index (χ3n) is 5.51. The van der Waals surface area contributed by atoms with E-state index in [4.69, 9.17) is 9.40 Å². The van der Waals surface area contributed by atoms with Crippen molar-refractivity contribution in [2.24, 2.45) is 0 Å². The zero-order valence-electron chi connectivity index (χ0n) is 15.3. The number of aromatic nitrogens is 2. The number of para-hydroxylation sites is 1. The molecule has 0 aliphatic heterocycles. The number of fused-ring (bicyclic) bond motifs is 6. The number of aryl methyl sites for hydroxylation is 1. The molecule has 3 nitrogen and oxygen atoms in total. The lowest BCUT2D eigenvalue weighted by molar-refractivity contribution is 0.669. The van der Waals surface area contributed by atoms with Crippen molar-refractivity contribution in [3.8, 4) is 11.1 Å². The number of hydrogen-bond donors (Lipinski definition) is 0. The highest BCUT2D eigenvalue weighted by Gasteiger charge is 2.15. The van der Waals surface area contributed by atoms with Crippen LogP contribution in [0.4, 0.5) is 0 Å². The van der Waals surface area contributed by atoms with E-state index in [0.717, 1.165) is 49.4 Å². The highest BCUT2D eigenvalue weighted by atomic mass is 16.3. The highest BCUT2D eigenvalue weighted by Crippen LogP contribution is 2.39. The Balaban J connectivity index is 1.82. The van der Waals surface area contributed by atoms with Crippen LogP contribution in [-0.4, -0.2) is 9.97 Å². The molecule has 6 aromatic rings. The lowest BCUT2D eigenvalue weighted by atomic mass is 9.93. The van der Waals surface area contributed by atoms with Crippen molar-refractivity contribution in [3.05, 3.63) is 84.8 Å². The zero-order valence-corrected chi connectivity index (χ0v) is 15.3. The predicted molar refractivity (Wildman–Crippen MR) is 114 cm³/mol. The van der Waals surface area contributed by atoms with Gasteiger partial charge in [0.25, 0.3) is 0 Å². The van der Waals surface area contributed by atoms with Gasteiger partial charge in [-0.25, -0.2) is 0 Å². The number of rotatable bonds is 1. The zero-order chi connectivity index (χ0) is 18.7. The summed E-state index contributed by atoms with van der Waals surface area (Å²) in [5.41, 5.74) is 6.28. The molecule has 6 rings (SSSR count). The highest BCUT2D eigenvalue weighted by molar-refractivity contribution is 6.18. The van der Waals surface area contributed by atoms with Crippen LogP contribution in [0.5, 0.6) is 0 Å².